The summed E-state index contributed by atoms with van der Waals surface area (Å²) < 4.78 is 0. The van der Waals surface area contributed by atoms with Gasteiger partial charge in [-0.2, -0.15) is 4.98 Å². The topological polar surface area (TPSA) is 29.0 Å². The molecule has 2 aromatic rings. The molecule has 2 unspecified atom stereocenters. The van der Waals surface area contributed by atoms with Gasteiger partial charge in [0.25, 0.3) is 0 Å². The van der Waals surface area contributed by atoms with Crippen LogP contribution >= 0.6 is 22.9 Å². The van der Waals surface area contributed by atoms with Crippen LogP contribution in [0.15, 0.2) is 0 Å². The van der Waals surface area contributed by atoms with Crippen molar-refractivity contribution in [1.29, 1.82) is 0 Å². The molecule has 0 aromatic carbocycles. The van der Waals surface area contributed by atoms with Crippen molar-refractivity contribution in [2.24, 2.45) is 5.92 Å². The smallest absolute Gasteiger partial charge is 0.225 e. The van der Waals surface area contributed by atoms with E-state index in [1.807, 2.05) is 11.3 Å². The van der Waals surface area contributed by atoms with Crippen molar-refractivity contribution in [1.82, 2.24) is 9.97 Å². The summed E-state index contributed by atoms with van der Waals surface area (Å²) in [5.74, 6) is 1.89. The summed E-state index contributed by atoms with van der Waals surface area (Å²) in [6.07, 6.45) is 8.65. The van der Waals surface area contributed by atoms with Crippen LogP contribution in [0.25, 0.3) is 10.2 Å². The van der Waals surface area contributed by atoms with Gasteiger partial charge in [0.15, 0.2) is 0 Å². The van der Waals surface area contributed by atoms with E-state index in [0.29, 0.717) is 11.3 Å². The molecule has 1 fully saturated rings. The third-order valence-electron chi connectivity index (χ3n) is 5.48. The lowest BCUT2D eigenvalue weighted by molar-refractivity contribution is 0.447. The third-order valence-corrected chi connectivity index (χ3v) is 6.80. The molecule has 1 aliphatic carbocycles. The number of halogens is 1. The molecule has 0 N–H and O–H groups in total. The van der Waals surface area contributed by atoms with Gasteiger partial charge in [0, 0.05) is 17.5 Å². The maximum Gasteiger partial charge on any atom is 0.225 e. The van der Waals surface area contributed by atoms with Crippen molar-refractivity contribution >= 4 is 39.0 Å². The molecule has 2 atom stereocenters. The molecule has 0 saturated carbocycles. The second-order valence-corrected chi connectivity index (χ2v) is 8.52. The van der Waals surface area contributed by atoms with Crippen molar-refractivity contribution < 1.29 is 0 Å². The Hall–Kier alpha value is -0.870. The lowest BCUT2D eigenvalue weighted by Gasteiger charge is -2.36. The Bertz CT molecular complexity index is 727. The molecule has 23 heavy (non-hydrogen) atoms. The van der Waals surface area contributed by atoms with Gasteiger partial charge in [-0.05, 0) is 68.0 Å². The number of hydrogen-bond donors (Lipinski definition) is 0. The minimum absolute atomic E-state index is 0.402. The average Bonchev–Trinajstić information content (AvgIpc) is 2.90. The zero-order chi connectivity index (χ0) is 16.0. The highest BCUT2D eigenvalue weighted by atomic mass is 35.5. The Labute approximate surface area is 147 Å². The number of thiophene rings is 1. The van der Waals surface area contributed by atoms with E-state index < -0.39 is 0 Å². The first kappa shape index (κ1) is 15.6. The summed E-state index contributed by atoms with van der Waals surface area (Å²) in [4.78, 5) is 14.4. The monoisotopic (exact) mass is 349 g/mol. The van der Waals surface area contributed by atoms with Crippen LogP contribution in [-0.4, -0.2) is 22.6 Å². The maximum atomic E-state index is 6.28. The number of fused-ring (bicyclic) bond motifs is 3. The second-order valence-electron chi connectivity index (χ2n) is 7.10. The predicted molar refractivity (Wildman–Crippen MR) is 98.9 cm³/mol. The van der Waals surface area contributed by atoms with Crippen LogP contribution in [0.1, 0.15) is 56.4 Å². The zero-order valence-corrected chi connectivity index (χ0v) is 15.5. The Kier molecular flexibility index (Phi) is 4.22. The van der Waals surface area contributed by atoms with E-state index in [0.717, 1.165) is 23.1 Å². The highest BCUT2D eigenvalue weighted by molar-refractivity contribution is 7.19. The molecular weight excluding hydrogens is 326 g/mol. The fraction of sp³-hybridized carbons (Fsp3) is 0.667. The molecule has 2 aliphatic rings. The van der Waals surface area contributed by atoms with Gasteiger partial charge in [0.2, 0.25) is 5.28 Å². The molecule has 3 nitrogen and oxygen atoms in total. The van der Waals surface area contributed by atoms with Gasteiger partial charge in [0.05, 0.1) is 5.39 Å². The van der Waals surface area contributed by atoms with Crippen LogP contribution in [0.2, 0.25) is 5.28 Å². The summed E-state index contributed by atoms with van der Waals surface area (Å²) in [6.45, 7) is 5.74. The number of nitrogens with zero attached hydrogens (tertiary/aromatic N) is 3. The van der Waals surface area contributed by atoms with Crippen LogP contribution in [0.3, 0.4) is 0 Å². The molecule has 0 spiro atoms. The number of aromatic nitrogens is 2. The van der Waals surface area contributed by atoms with E-state index in [4.69, 9.17) is 16.6 Å². The molecule has 2 aromatic heterocycles. The summed E-state index contributed by atoms with van der Waals surface area (Å²) >= 11 is 8.13. The summed E-state index contributed by atoms with van der Waals surface area (Å²) in [5.41, 5.74) is 1.51. The first-order valence-electron chi connectivity index (χ1n) is 8.91. The summed E-state index contributed by atoms with van der Waals surface area (Å²) in [6, 6.07) is 0.594. The predicted octanol–water partition coefficient (Wildman–Crippen LogP) is 5.24. The first-order chi connectivity index (χ1) is 11.2. The Balaban J connectivity index is 1.88. The van der Waals surface area contributed by atoms with Crippen LogP contribution < -0.4 is 4.90 Å². The number of hydrogen-bond acceptors (Lipinski definition) is 4. The quantitative estimate of drug-likeness (QED) is 0.694. The first-order valence-corrected chi connectivity index (χ1v) is 10.1. The minimum Gasteiger partial charge on any atom is -0.353 e. The second kappa shape index (κ2) is 6.21. The van der Waals surface area contributed by atoms with E-state index in [1.165, 1.54) is 60.8 Å². The summed E-state index contributed by atoms with van der Waals surface area (Å²) in [7, 11) is 0. The number of piperidine rings is 1. The van der Waals surface area contributed by atoms with Crippen molar-refractivity contribution in [3.05, 3.63) is 15.7 Å². The fourth-order valence-electron chi connectivity index (χ4n) is 4.21. The van der Waals surface area contributed by atoms with Crippen molar-refractivity contribution in [2.75, 3.05) is 11.4 Å². The zero-order valence-electron chi connectivity index (χ0n) is 13.9. The lowest BCUT2D eigenvalue weighted by atomic mass is 9.89. The standard InChI is InChI=1S/C18H24ClN3S/c1-3-12-6-4-5-9-22(12)16-15-13-8-7-11(2)10-14(13)23-17(15)21-18(19)20-16/h11-12H,3-10H2,1-2H3. The highest BCUT2D eigenvalue weighted by Gasteiger charge is 2.29. The molecular formula is C18H24ClN3S. The van der Waals surface area contributed by atoms with E-state index in [1.54, 1.807) is 0 Å². The van der Waals surface area contributed by atoms with Gasteiger partial charge in [-0.15, -0.1) is 11.3 Å². The summed E-state index contributed by atoms with van der Waals surface area (Å²) in [5, 5.41) is 1.71. The van der Waals surface area contributed by atoms with E-state index in [2.05, 4.69) is 23.7 Å². The molecule has 0 bridgehead atoms. The van der Waals surface area contributed by atoms with Crippen LogP contribution in [0.5, 0.6) is 0 Å². The van der Waals surface area contributed by atoms with E-state index in [9.17, 15) is 0 Å². The number of rotatable bonds is 2. The van der Waals surface area contributed by atoms with E-state index >= 15 is 0 Å². The SMILES string of the molecule is CCC1CCCCN1c1nc(Cl)nc2sc3c(c12)CCC(C)C3. The van der Waals surface area contributed by atoms with Gasteiger partial charge >= 0.3 is 0 Å². The van der Waals surface area contributed by atoms with Crippen molar-refractivity contribution in [3.8, 4) is 0 Å². The van der Waals surface area contributed by atoms with E-state index in [-0.39, 0.29) is 0 Å². The molecule has 5 heteroatoms. The van der Waals surface area contributed by atoms with Crippen LogP contribution in [0, 0.1) is 5.92 Å². The highest BCUT2D eigenvalue weighted by Crippen LogP contribution is 2.42. The normalized spacial score (nSPS) is 24.9. The maximum absolute atomic E-state index is 6.28. The van der Waals surface area contributed by atoms with Gasteiger partial charge < -0.3 is 4.90 Å². The molecule has 0 radical (unpaired) electrons. The molecule has 3 heterocycles. The average molecular weight is 350 g/mol. The number of anilines is 1. The molecule has 1 aliphatic heterocycles. The van der Waals surface area contributed by atoms with Gasteiger partial charge in [-0.25, -0.2) is 4.98 Å². The Morgan fingerprint density at radius 2 is 2.13 bits per heavy atom. The lowest BCUT2D eigenvalue weighted by Crippen LogP contribution is -2.39. The van der Waals surface area contributed by atoms with Crippen molar-refractivity contribution in [3.63, 3.8) is 0 Å². The molecule has 1 saturated heterocycles. The minimum atomic E-state index is 0.402. The van der Waals surface area contributed by atoms with Gasteiger partial charge in [-0.3, -0.25) is 0 Å². The number of aryl methyl sites for hydroxylation is 1. The Morgan fingerprint density at radius 1 is 1.26 bits per heavy atom. The molecule has 0 amide bonds. The van der Waals surface area contributed by atoms with Gasteiger partial charge in [-0.1, -0.05) is 13.8 Å². The Morgan fingerprint density at radius 3 is 2.96 bits per heavy atom. The van der Waals surface area contributed by atoms with Gasteiger partial charge in [0.1, 0.15) is 10.6 Å². The largest absolute Gasteiger partial charge is 0.353 e. The molecule has 4 rings (SSSR count). The van der Waals surface area contributed by atoms with Crippen LogP contribution in [-0.2, 0) is 12.8 Å². The fourth-order valence-corrected chi connectivity index (χ4v) is 5.80. The van der Waals surface area contributed by atoms with Crippen molar-refractivity contribution in [2.45, 2.75) is 64.8 Å². The third kappa shape index (κ3) is 2.74. The van der Waals surface area contributed by atoms with Crippen LogP contribution in [0.4, 0.5) is 5.82 Å². The molecule has 124 valence electrons.